The topological polar surface area (TPSA) is 65.0 Å². The van der Waals surface area contributed by atoms with Crippen LogP contribution in [0, 0.1) is 0 Å². The molecule has 0 spiro atoms. The second kappa shape index (κ2) is 6.42. The molecule has 0 aromatic heterocycles. The molecule has 0 aliphatic carbocycles. The molecular weight excluding hydrogens is 222 g/mol. The Balaban J connectivity index is 2.62. The number of hydrogen-bond acceptors (Lipinski definition) is 5. The predicted octanol–water partition coefficient (Wildman–Crippen LogP) is 1.32. The van der Waals surface area contributed by atoms with Gasteiger partial charge >= 0.3 is 5.97 Å². The zero-order valence-corrected chi connectivity index (χ0v) is 9.67. The summed E-state index contributed by atoms with van der Waals surface area (Å²) in [5, 5.41) is 3.48. The molecule has 1 rings (SSSR count). The summed E-state index contributed by atoms with van der Waals surface area (Å²) in [5.74, 6) is -1.30. The number of benzene rings is 1. The van der Waals surface area contributed by atoms with Crippen LogP contribution in [-0.2, 0) is 25.8 Å². The molecular formula is C12H13NO4. The first-order chi connectivity index (χ1) is 8.15. The maximum atomic E-state index is 11.1. The maximum Gasteiger partial charge on any atom is 0.363 e. The van der Waals surface area contributed by atoms with E-state index >= 15 is 0 Å². The third kappa shape index (κ3) is 4.06. The standard InChI is InChI=1S/C12H13NO4/c1-9(14)11(12(15)16-2)13-17-8-10-6-4-3-5-7-10/h3-7H,8H2,1-2H3/b13-11+. The molecule has 0 heterocycles. The molecule has 0 radical (unpaired) electrons. The van der Waals surface area contributed by atoms with E-state index in [1.807, 2.05) is 30.3 Å². The number of methoxy groups -OCH3 is 1. The molecule has 0 unspecified atom stereocenters. The lowest BCUT2D eigenvalue weighted by Gasteiger charge is -2.02. The fourth-order valence-electron chi connectivity index (χ4n) is 1.09. The van der Waals surface area contributed by atoms with Crippen molar-refractivity contribution in [3.8, 4) is 0 Å². The monoisotopic (exact) mass is 235 g/mol. The third-order valence-corrected chi connectivity index (χ3v) is 1.94. The van der Waals surface area contributed by atoms with Gasteiger partial charge in [0.25, 0.3) is 0 Å². The van der Waals surface area contributed by atoms with Gasteiger partial charge < -0.3 is 9.57 Å². The van der Waals surface area contributed by atoms with Crippen molar-refractivity contribution in [3.63, 3.8) is 0 Å². The first-order valence-electron chi connectivity index (χ1n) is 4.98. The van der Waals surface area contributed by atoms with Gasteiger partial charge in [0, 0.05) is 6.92 Å². The van der Waals surface area contributed by atoms with E-state index in [0.717, 1.165) is 5.56 Å². The predicted molar refractivity (Wildman–Crippen MR) is 61.4 cm³/mol. The van der Waals surface area contributed by atoms with Crippen molar-refractivity contribution in [2.24, 2.45) is 5.16 Å². The fourth-order valence-corrected chi connectivity index (χ4v) is 1.09. The molecule has 5 nitrogen and oxygen atoms in total. The van der Waals surface area contributed by atoms with Crippen LogP contribution in [0.2, 0.25) is 0 Å². The number of Topliss-reactive ketones (excluding diaryl/α,β-unsaturated/α-hetero) is 1. The largest absolute Gasteiger partial charge is 0.464 e. The van der Waals surface area contributed by atoms with Crippen LogP contribution in [0.1, 0.15) is 12.5 Å². The maximum absolute atomic E-state index is 11.1. The third-order valence-electron chi connectivity index (χ3n) is 1.94. The van der Waals surface area contributed by atoms with Crippen LogP contribution < -0.4 is 0 Å². The molecule has 17 heavy (non-hydrogen) atoms. The van der Waals surface area contributed by atoms with Crippen molar-refractivity contribution in [1.82, 2.24) is 0 Å². The number of carbonyl (C=O) groups excluding carboxylic acids is 2. The molecule has 0 amide bonds. The summed E-state index contributed by atoms with van der Waals surface area (Å²) in [6.45, 7) is 1.41. The number of esters is 1. The van der Waals surface area contributed by atoms with Gasteiger partial charge in [-0.25, -0.2) is 4.79 Å². The molecule has 0 saturated heterocycles. The van der Waals surface area contributed by atoms with Gasteiger partial charge in [-0.3, -0.25) is 4.79 Å². The average molecular weight is 235 g/mol. The summed E-state index contributed by atoms with van der Waals surface area (Å²) in [6.07, 6.45) is 0. The average Bonchev–Trinajstić information content (AvgIpc) is 2.34. The summed E-state index contributed by atoms with van der Waals surface area (Å²) in [4.78, 5) is 27.1. The lowest BCUT2D eigenvalue weighted by atomic mass is 10.2. The van der Waals surface area contributed by atoms with Gasteiger partial charge in [0.2, 0.25) is 5.71 Å². The van der Waals surface area contributed by atoms with E-state index in [9.17, 15) is 9.59 Å². The summed E-state index contributed by atoms with van der Waals surface area (Å²) in [6, 6.07) is 9.29. The lowest BCUT2D eigenvalue weighted by Crippen LogP contribution is -2.23. The Morgan fingerprint density at radius 2 is 1.88 bits per heavy atom. The Morgan fingerprint density at radius 1 is 1.24 bits per heavy atom. The summed E-state index contributed by atoms with van der Waals surface area (Å²) in [5.41, 5.74) is 0.549. The van der Waals surface area contributed by atoms with Gasteiger partial charge in [0.1, 0.15) is 6.61 Å². The molecule has 0 saturated carbocycles. The van der Waals surface area contributed by atoms with E-state index in [2.05, 4.69) is 9.89 Å². The zero-order chi connectivity index (χ0) is 12.7. The van der Waals surface area contributed by atoms with Crippen LogP contribution in [0.15, 0.2) is 35.5 Å². The number of ether oxygens (including phenoxy) is 1. The minimum Gasteiger partial charge on any atom is -0.464 e. The quantitative estimate of drug-likeness (QED) is 0.334. The van der Waals surface area contributed by atoms with E-state index in [1.54, 1.807) is 0 Å². The number of oxime groups is 1. The first-order valence-corrected chi connectivity index (χ1v) is 4.98. The number of nitrogens with zero attached hydrogens (tertiary/aromatic N) is 1. The van der Waals surface area contributed by atoms with Crippen LogP contribution >= 0.6 is 0 Å². The van der Waals surface area contributed by atoms with Crippen LogP contribution in [-0.4, -0.2) is 24.6 Å². The van der Waals surface area contributed by atoms with Crippen LogP contribution in [0.5, 0.6) is 0 Å². The van der Waals surface area contributed by atoms with Crippen LogP contribution in [0.3, 0.4) is 0 Å². The van der Waals surface area contributed by atoms with E-state index in [4.69, 9.17) is 4.84 Å². The second-order valence-corrected chi connectivity index (χ2v) is 3.25. The van der Waals surface area contributed by atoms with Gasteiger partial charge in [0.05, 0.1) is 7.11 Å². The minimum atomic E-state index is -0.800. The summed E-state index contributed by atoms with van der Waals surface area (Å²) in [7, 11) is 1.18. The van der Waals surface area contributed by atoms with Crippen LogP contribution in [0.25, 0.3) is 0 Å². The Kier molecular flexibility index (Phi) is 4.87. The Hall–Kier alpha value is -2.17. The normalized spacial score (nSPS) is 10.8. The molecule has 0 fully saturated rings. The number of rotatable bonds is 5. The summed E-state index contributed by atoms with van der Waals surface area (Å²) >= 11 is 0. The van der Waals surface area contributed by atoms with Crippen molar-refractivity contribution in [3.05, 3.63) is 35.9 Å². The molecule has 1 aromatic rings. The second-order valence-electron chi connectivity index (χ2n) is 3.25. The lowest BCUT2D eigenvalue weighted by molar-refractivity contribution is -0.133. The molecule has 0 atom stereocenters. The fraction of sp³-hybridized carbons (Fsp3) is 0.250. The van der Waals surface area contributed by atoms with Gasteiger partial charge in [-0.15, -0.1) is 0 Å². The summed E-state index contributed by atoms with van der Waals surface area (Å²) < 4.78 is 4.41. The molecule has 0 aliphatic heterocycles. The highest BCUT2D eigenvalue weighted by Gasteiger charge is 2.17. The Morgan fingerprint density at radius 3 is 2.41 bits per heavy atom. The van der Waals surface area contributed by atoms with Gasteiger partial charge in [-0.1, -0.05) is 35.5 Å². The SMILES string of the molecule is COC(=O)/C(=N/OCc1ccccc1)C(C)=O. The number of ketones is 1. The Bertz CT molecular complexity index is 425. The highest BCUT2D eigenvalue weighted by atomic mass is 16.6. The van der Waals surface area contributed by atoms with E-state index in [-0.39, 0.29) is 12.3 Å². The molecule has 5 heteroatoms. The van der Waals surface area contributed by atoms with Crippen molar-refractivity contribution < 1.29 is 19.2 Å². The molecule has 0 aliphatic rings. The zero-order valence-electron chi connectivity index (χ0n) is 9.67. The van der Waals surface area contributed by atoms with Gasteiger partial charge in [-0.2, -0.15) is 0 Å². The Labute approximate surface area is 99.0 Å². The highest BCUT2D eigenvalue weighted by molar-refractivity contribution is 6.63. The van der Waals surface area contributed by atoms with Crippen molar-refractivity contribution in [2.45, 2.75) is 13.5 Å². The molecule has 90 valence electrons. The van der Waals surface area contributed by atoms with Crippen molar-refractivity contribution in [1.29, 1.82) is 0 Å². The molecule has 0 N–H and O–H groups in total. The number of carbonyl (C=O) groups is 2. The molecule has 0 bridgehead atoms. The van der Waals surface area contributed by atoms with E-state index in [0.29, 0.717) is 0 Å². The van der Waals surface area contributed by atoms with E-state index in [1.165, 1.54) is 14.0 Å². The van der Waals surface area contributed by atoms with E-state index < -0.39 is 11.8 Å². The first kappa shape index (κ1) is 12.9. The van der Waals surface area contributed by atoms with Gasteiger partial charge in [0.15, 0.2) is 5.78 Å². The van der Waals surface area contributed by atoms with Crippen molar-refractivity contribution in [2.75, 3.05) is 7.11 Å². The molecule has 1 aromatic carbocycles. The minimum absolute atomic E-state index is 0.189. The van der Waals surface area contributed by atoms with Gasteiger partial charge in [-0.05, 0) is 5.56 Å². The number of hydrogen-bond donors (Lipinski definition) is 0. The van der Waals surface area contributed by atoms with Crippen molar-refractivity contribution >= 4 is 17.5 Å². The highest BCUT2D eigenvalue weighted by Crippen LogP contribution is 2.01. The smallest absolute Gasteiger partial charge is 0.363 e. The van der Waals surface area contributed by atoms with Crippen LogP contribution in [0.4, 0.5) is 0 Å².